The summed E-state index contributed by atoms with van der Waals surface area (Å²) in [7, 11) is 1.30. The highest BCUT2D eigenvalue weighted by Gasteiger charge is 2.19. The van der Waals surface area contributed by atoms with E-state index in [1.807, 2.05) is 24.3 Å². The molecule has 1 aromatic heterocycles. The molecule has 0 aliphatic carbocycles. The number of hydrogen-bond acceptors (Lipinski definition) is 4. The summed E-state index contributed by atoms with van der Waals surface area (Å²) in [6, 6.07) is 12.6. The lowest BCUT2D eigenvalue weighted by molar-refractivity contribution is 0.0595. The molecule has 3 aromatic rings. The Labute approximate surface area is 134 Å². The number of nitrogens with zero attached hydrogens (tertiary/aromatic N) is 2. The van der Waals surface area contributed by atoms with Crippen LogP contribution in [0.2, 0.25) is 0 Å². The van der Waals surface area contributed by atoms with E-state index in [1.54, 1.807) is 22.9 Å². The molecule has 0 spiro atoms. The van der Waals surface area contributed by atoms with Crippen molar-refractivity contribution in [1.82, 2.24) is 9.78 Å². The second-order valence-electron chi connectivity index (χ2n) is 4.63. The van der Waals surface area contributed by atoms with Crippen LogP contribution in [0.15, 0.2) is 46.9 Å². The zero-order valence-electron chi connectivity index (χ0n) is 11.6. The topological polar surface area (TPSA) is 61.2 Å². The van der Waals surface area contributed by atoms with Gasteiger partial charge in [-0.3, -0.25) is 4.79 Å². The normalized spacial score (nSPS) is 10.6. The van der Waals surface area contributed by atoms with Crippen LogP contribution in [0.5, 0.6) is 0 Å². The van der Waals surface area contributed by atoms with Crippen molar-refractivity contribution in [2.45, 2.75) is 0 Å². The first-order chi connectivity index (χ1) is 10.6. The standard InChI is InChI=1S/C16H11BrN2O3/c1-22-16(21)15-13-7-10(9-20)5-6-14(13)19(18-15)12-4-2-3-11(17)8-12/h2-9H,1H3. The Morgan fingerprint density at radius 1 is 1.27 bits per heavy atom. The molecule has 22 heavy (non-hydrogen) atoms. The van der Waals surface area contributed by atoms with Crippen molar-refractivity contribution < 1.29 is 14.3 Å². The number of halogens is 1. The van der Waals surface area contributed by atoms with Gasteiger partial charge in [-0.1, -0.05) is 22.0 Å². The van der Waals surface area contributed by atoms with E-state index in [2.05, 4.69) is 21.0 Å². The minimum Gasteiger partial charge on any atom is -0.464 e. The maximum atomic E-state index is 11.9. The monoisotopic (exact) mass is 358 g/mol. The molecule has 6 heteroatoms. The highest BCUT2D eigenvalue weighted by Crippen LogP contribution is 2.25. The lowest BCUT2D eigenvalue weighted by Gasteiger charge is -2.03. The van der Waals surface area contributed by atoms with Crippen molar-refractivity contribution in [2.24, 2.45) is 0 Å². The summed E-state index contributed by atoms with van der Waals surface area (Å²) in [5, 5.41) is 4.93. The van der Waals surface area contributed by atoms with Crippen LogP contribution in [0.3, 0.4) is 0 Å². The Morgan fingerprint density at radius 2 is 2.09 bits per heavy atom. The van der Waals surface area contributed by atoms with Crippen LogP contribution in [0.25, 0.3) is 16.6 Å². The highest BCUT2D eigenvalue weighted by molar-refractivity contribution is 9.10. The summed E-state index contributed by atoms with van der Waals surface area (Å²) in [4.78, 5) is 22.9. The predicted octanol–water partition coefficient (Wildman–Crippen LogP) is 3.39. The van der Waals surface area contributed by atoms with E-state index < -0.39 is 5.97 Å². The van der Waals surface area contributed by atoms with Crippen LogP contribution in [-0.4, -0.2) is 29.1 Å². The number of esters is 1. The molecule has 0 amide bonds. The van der Waals surface area contributed by atoms with Gasteiger partial charge in [-0.2, -0.15) is 5.10 Å². The van der Waals surface area contributed by atoms with Gasteiger partial charge in [-0.15, -0.1) is 0 Å². The molecule has 0 aliphatic heterocycles. The van der Waals surface area contributed by atoms with E-state index in [1.165, 1.54) is 7.11 Å². The smallest absolute Gasteiger partial charge is 0.359 e. The van der Waals surface area contributed by atoms with Gasteiger partial charge in [0.05, 0.1) is 18.3 Å². The number of methoxy groups -OCH3 is 1. The third kappa shape index (κ3) is 2.42. The lowest BCUT2D eigenvalue weighted by Crippen LogP contribution is -2.04. The van der Waals surface area contributed by atoms with Crippen molar-refractivity contribution in [3.63, 3.8) is 0 Å². The SMILES string of the molecule is COC(=O)c1nn(-c2cccc(Br)c2)c2ccc(C=O)cc12. The van der Waals surface area contributed by atoms with E-state index in [4.69, 9.17) is 4.74 Å². The average molecular weight is 359 g/mol. The molecule has 110 valence electrons. The van der Waals surface area contributed by atoms with E-state index in [0.29, 0.717) is 10.9 Å². The van der Waals surface area contributed by atoms with Gasteiger partial charge in [-0.25, -0.2) is 9.48 Å². The molecule has 0 fully saturated rings. The molecule has 3 rings (SSSR count). The number of aromatic nitrogens is 2. The molecule has 5 nitrogen and oxygen atoms in total. The van der Waals surface area contributed by atoms with Crippen LogP contribution in [0, 0.1) is 0 Å². The maximum absolute atomic E-state index is 11.9. The Morgan fingerprint density at radius 3 is 2.77 bits per heavy atom. The second kappa shape index (κ2) is 5.73. The molecule has 2 aromatic carbocycles. The van der Waals surface area contributed by atoms with Gasteiger partial charge < -0.3 is 4.74 Å². The van der Waals surface area contributed by atoms with Crippen LogP contribution >= 0.6 is 15.9 Å². The third-order valence-electron chi connectivity index (χ3n) is 3.27. The summed E-state index contributed by atoms with van der Waals surface area (Å²) in [5.41, 5.74) is 2.19. The van der Waals surface area contributed by atoms with Gasteiger partial charge in [0.1, 0.15) is 6.29 Å². The summed E-state index contributed by atoms with van der Waals surface area (Å²) in [5.74, 6) is -0.540. The molecular weight excluding hydrogens is 348 g/mol. The molecule has 0 saturated carbocycles. The Hall–Kier alpha value is -2.47. The molecular formula is C16H11BrN2O3. The van der Waals surface area contributed by atoms with E-state index in [0.717, 1.165) is 22.0 Å². The molecule has 1 heterocycles. The fourth-order valence-corrected chi connectivity index (χ4v) is 2.65. The van der Waals surface area contributed by atoms with Gasteiger partial charge in [0.25, 0.3) is 0 Å². The number of hydrogen-bond donors (Lipinski definition) is 0. The second-order valence-corrected chi connectivity index (χ2v) is 5.54. The van der Waals surface area contributed by atoms with Gasteiger partial charge in [0.2, 0.25) is 0 Å². The summed E-state index contributed by atoms with van der Waals surface area (Å²) < 4.78 is 7.33. The number of aldehydes is 1. The van der Waals surface area contributed by atoms with Crippen molar-refractivity contribution in [3.05, 3.63) is 58.2 Å². The molecule has 0 bridgehead atoms. The first kappa shape index (κ1) is 14.5. The first-order valence-electron chi connectivity index (χ1n) is 6.46. The molecule has 0 radical (unpaired) electrons. The van der Waals surface area contributed by atoms with E-state index >= 15 is 0 Å². The van der Waals surface area contributed by atoms with Crippen molar-refractivity contribution in [3.8, 4) is 5.69 Å². The number of rotatable bonds is 3. The minimum absolute atomic E-state index is 0.182. The van der Waals surface area contributed by atoms with Crippen LogP contribution in [0.4, 0.5) is 0 Å². The van der Waals surface area contributed by atoms with Crippen LogP contribution in [0.1, 0.15) is 20.8 Å². The number of carbonyl (C=O) groups excluding carboxylic acids is 2. The lowest BCUT2D eigenvalue weighted by atomic mass is 10.1. The van der Waals surface area contributed by atoms with E-state index in [9.17, 15) is 9.59 Å². The number of benzene rings is 2. The maximum Gasteiger partial charge on any atom is 0.359 e. The Balaban J connectivity index is 2.31. The van der Waals surface area contributed by atoms with Crippen molar-refractivity contribution >= 4 is 39.1 Å². The Kier molecular flexibility index (Phi) is 3.77. The fourth-order valence-electron chi connectivity index (χ4n) is 2.26. The zero-order valence-corrected chi connectivity index (χ0v) is 13.2. The third-order valence-corrected chi connectivity index (χ3v) is 3.76. The quantitative estimate of drug-likeness (QED) is 0.531. The molecule has 0 unspecified atom stereocenters. The van der Waals surface area contributed by atoms with Gasteiger partial charge in [0, 0.05) is 15.4 Å². The molecule has 0 atom stereocenters. The zero-order chi connectivity index (χ0) is 15.7. The molecule has 0 aliphatic rings. The van der Waals surface area contributed by atoms with Crippen molar-refractivity contribution in [2.75, 3.05) is 7.11 Å². The number of carbonyl (C=O) groups is 2. The van der Waals surface area contributed by atoms with Gasteiger partial charge in [0.15, 0.2) is 5.69 Å². The van der Waals surface area contributed by atoms with E-state index in [-0.39, 0.29) is 5.69 Å². The predicted molar refractivity (Wildman–Crippen MR) is 85.5 cm³/mol. The first-order valence-corrected chi connectivity index (χ1v) is 7.25. The van der Waals surface area contributed by atoms with Crippen molar-refractivity contribution in [1.29, 1.82) is 0 Å². The molecule has 0 saturated heterocycles. The van der Waals surface area contributed by atoms with Crippen LogP contribution < -0.4 is 0 Å². The largest absolute Gasteiger partial charge is 0.464 e. The Bertz CT molecular complexity index is 886. The van der Waals surface area contributed by atoms with Crippen LogP contribution in [-0.2, 0) is 4.74 Å². The summed E-state index contributed by atoms with van der Waals surface area (Å²) in [6.07, 6.45) is 0.733. The fraction of sp³-hybridized carbons (Fsp3) is 0.0625. The molecule has 0 N–H and O–H groups in total. The van der Waals surface area contributed by atoms with Gasteiger partial charge in [-0.05, 0) is 36.4 Å². The summed E-state index contributed by atoms with van der Waals surface area (Å²) >= 11 is 3.42. The van der Waals surface area contributed by atoms with Gasteiger partial charge >= 0.3 is 5.97 Å². The number of fused-ring (bicyclic) bond motifs is 1. The highest BCUT2D eigenvalue weighted by atomic mass is 79.9. The number of ether oxygens (including phenoxy) is 1. The summed E-state index contributed by atoms with van der Waals surface area (Å²) in [6.45, 7) is 0. The minimum atomic E-state index is -0.540. The average Bonchev–Trinajstić information content (AvgIpc) is 2.92.